The van der Waals surface area contributed by atoms with Gasteiger partial charge >= 0.3 is 0 Å². The second kappa shape index (κ2) is 4.03. The van der Waals surface area contributed by atoms with Gasteiger partial charge in [0, 0.05) is 14.2 Å². The molecule has 0 spiro atoms. The maximum absolute atomic E-state index is 11.7. The largest absolute Gasteiger partial charge is 0.355 e. The SMILES string of the molecule is COC(OC)[C@H]1CC(C)=C(C)C1=O. The Hall–Kier alpha value is -0.670. The van der Waals surface area contributed by atoms with Crippen molar-refractivity contribution in [1.82, 2.24) is 0 Å². The van der Waals surface area contributed by atoms with Crippen LogP contribution in [-0.2, 0) is 14.3 Å². The maximum Gasteiger partial charge on any atom is 0.167 e. The van der Waals surface area contributed by atoms with Gasteiger partial charge in [-0.2, -0.15) is 0 Å². The zero-order chi connectivity index (χ0) is 10.0. The summed E-state index contributed by atoms with van der Waals surface area (Å²) < 4.78 is 10.2. The summed E-state index contributed by atoms with van der Waals surface area (Å²) in [5, 5.41) is 0. The molecule has 74 valence electrons. The minimum Gasteiger partial charge on any atom is -0.355 e. The van der Waals surface area contributed by atoms with Crippen LogP contribution in [0, 0.1) is 5.92 Å². The summed E-state index contributed by atoms with van der Waals surface area (Å²) in [5.41, 5.74) is 2.01. The van der Waals surface area contributed by atoms with Gasteiger partial charge in [0.1, 0.15) is 0 Å². The van der Waals surface area contributed by atoms with E-state index in [-0.39, 0.29) is 11.7 Å². The second-order valence-corrected chi connectivity index (χ2v) is 3.42. The highest BCUT2D eigenvalue weighted by Gasteiger charge is 2.35. The van der Waals surface area contributed by atoms with Crippen molar-refractivity contribution in [3.63, 3.8) is 0 Å². The molecule has 0 unspecified atom stereocenters. The molecule has 0 N–H and O–H groups in total. The lowest BCUT2D eigenvalue weighted by Gasteiger charge is -2.19. The van der Waals surface area contributed by atoms with Crippen molar-refractivity contribution in [3.8, 4) is 0 Å². The highest BCUT2D eigenvalue weighted by atomic mass is 16.7. The van der Waals surface area contributed by atoms with E-state index >= 15 is 0 Å². The summed E-state index contributed by atoms with van der Waals surface area (Å²) in [4.78, 5) is 11.7. The Morgan fingerprint density at radius 1 is 1.31 bits per heavy atom. The second-order valence-electron chi connectivity index (χ2n) is 3.42. The standard InChI is InChI=1S/C10H16O3/c1-6-5-8(9(11)7(6)2)10(12-3)13-4/h8,10H,5H2,1-4H3/t8-/m0/s1. The molecular formula is C10H16O3. The molecule has 0 aromatic carbocycles. The predicted octanol–water partition coefficient (Wildman–Crippen LogP) is 1.53. The highest BCUT2D eigenvalue weighted by molar-refractivity contribution is 6.00. The van der Waals surface area contributed by atoms with Gasteiger partial charge in [0.05, 0.1) is 5.92 Å². The van der Waals surface area contributed by atoms with E-state index in [9.17, 15) is 4.79 Å². The first-order chi connectivity index (χ1) is 6.11. The van der Waals surface area contributed by atoms with Gasteiger partial charge < -0.3 is 9.47 Å². The number of ketones is 1. The smallest absolute Gasteiger partial charge is 0.167 e. The van der Waals surface area contributed by atoms with Crippen LogP contribution in [0.4, 0.5) is 0 Å². The summed E-state index contributed by atoms with van der Waals surface area (Å²) in [6.07, 6.45) is 0.358. The molecule has 0 aliphatic heterocycles. The fourth-order valence-electron chi connectivity index (χ4n) is 1.71. The van der Waals surface area contributed by atoms with Gasteiger partial charge in [-0.1, -0.05) is 5.57 Å². The minimum atomic E-state index is -0.403. The molecule has 1 atom stereocenters. The van der Waals surface area contributed by atoms with E-state index in [4.69, 9.17) is 9.47 Å². The van der Waals surface area contributed by atoms with Crippen molar-refractivity contribution in [2.75, 3.05) is 14.2 Å². The van der Waals surface area contributed by atoms with Crippen LogP contribution in [-0.4, -0.2) is 26.3 Å². The Bertz CT molecular complexity index is 239. The molecule has 0 heterocycles. The van der Waals surface area contributed by atoms with E-state index in [0.717, 1.165) is 17.6 Å². The van der Waals surface area contributed by atoms with Crippen molar-refractivity contribution >= 4 is 5.78 Å². The Morgan fingerprint density at radius 2 is 1.85 bits per heavy atom. The summed E-state index contributed by atoms with van der Waals surface area (Å²) in [5.74, 6) is 0.0150. The highest BCUT2D eigenvalue weighted by Crippen LogP contribution is 2.31. The predicted molar refractivity (Wildman–Crippen MR) is 49.3 cm³/mol. The fourth-order valence-corrected chi connectivity index (χ4v) is 1.71. The monoisotopic (exact) mass is 184 g/mol. The zero-order valence-corrected chi connectivity index (χ0v) is 8.59. The molecule has 0 radical (unpaired) electrons. The zero-order valence-electron chi connectivity index (χ0n) is 8.59. The molecule has 0 aromatic heterocycles. The summed E-state index contributed by atoms with van der Waals surface area (Å²) in [6.45, 7) is 3.84. The number of Topliss-reactive ketones (excluding diaryl/α,β-unsaturated/α-hetero) is 1. The van der Waals surface area contributed by atoms with Crippen LogP contribution >= 0.6 is 0 Å². The summed E-state index contributed by atoms with van der Waals surface area (Å²) in [7, 11) is 3.12. The van der Waals surface area contributed by atoms with Crippen LogP contribution in [0.5, 0.6) is 0 Å². The number of ether oxygens (including phenoxy) is 2. The van der Waals surface area contributed by atoms with Crippen molar-refractivity contribution in [3.05, 3.63) is 11.1 Å². The molecule has 3 nitrogen and oxygen atoms in total. The van der Waals surface area contributed by atoms with Crippen LogP contribution in [0.25, 0.3) is 0 Å². The van der Waals surface area contributed by atoms with Gasteiger partial charge in [-0.05, 0) is 25.8 Å². The van der Waals surface area contributed by atoms with Gasteiger partial charge in [-0.25, -0.2) is 0 Å². The number of rotatable bonds is 3. The number of hydrogen-bond acceptors (Lipinski definition) is 3. The van der Waals surface area contributed by atoms with E-state index in [0.29, 0.717) is 0 Å². The summed E-state index contributed by atoms with van der Waals surface area (Å²) >= 11 is 0. The van der Waals surface area contributed by atoms with Crippen LogP contribution in [0.15, 0.2) is 11.1 Å². The van der Waals surface area contributed by atoms with Crippen molar-refractivity contribution in [2.45, 2.75) is 26.6 Å². The van der Waals surface area contributed by atoms with E-state index < -0.39 is 6.29 Å². The van der Waals surface area contributed by atoms with Crippen LogP contribution in [0.2, 0.25) is 0 Å². The first-order valence-corrected chi connectivity index (χ1v) is 4.38. The first-order valence-electron chi connectivity index (χ1n) is 4.38. The lowest BCUT2D eigenvalue weighted by molar-refractivity contribution is -0.151. The number of hydrogen-bond donors (Lipinski definition) is 0. The van der Waals surface area contributed by atoms with Crippen molar-refractivity contribution in [2.24, 2.45) is 5.92 Å². The molecule has 1 aliphatic carbocycles. The third-order valence-electron chi connectivity index (χ3n) is 2.67. The normalized spacial score (nSPS) is 23.5. The van der Waals surface area contributed by atoms with Gasteiger partial charge in [0.25, 0.3) is 0 Å². The lowest BCUT2D eigenvalue weighted by atomic mass is 10.0. The number of methoxy groups -OCH3 is 2. The average molecular weight is 184 g/mol. The molecule has 0 bridgehead atoms. The van der Waals surface area contributed by atoms with Crippen LogP contribution in [0.3, 0.4) is 0 Å². The Kier molecular flexibility index (Phi) is 3.22. The van der Waals surface area contributed by atoms with E-state index in [2.05, 4.69) is 0 Å². The van der Waals surface area contributed by atoms with Crippen LogP contribution in [0.1, 0.15) is 20.3 Å². The lowest BCUT2D eigenvalue weighted by Crippen LogP contribution is -2.28. The quantitative estimate of drug-likeness (QED) is 0.624. The van der Waals surface area contributed by atoms with E-state index in [1.165, 1.54) is 0 Å². The maximum atomic E-state index is 11.7. The van der Waals surface area contributed by atoms with E-state index in [1.807, 2.05) is 13.8 Å². The Labute approximate surface area is 78.7 Å². The molecule has 0 fully saturated rings. The third-order valence-corrected chi connectivity index (χ3v) is 2.67. The Morgan fingerprint density at radius 3 is 2.15 bits per heavy atom. The molecule has 1 rings (SSSR count). The molecule has 13 heavy (non-hydrogen) atoms. The topological polar surface area (TPSA) is 35.5 Å². The number of carbonyl (C=O) groups is 1. The molecule has 1 aliphatic rings. The van der Waals surface area contributed by atoms with Crippen LogP contribution < -0.4 is 0 Å². The van der Waals surface area contributed by atoms with Gasteiger partial charge in [-0.15, -0.1) is 0 Å². The van der Waals surface area contributed by atoms with Crippen molar-refractivity contribution < 1.29 is 14.3 Å². The van der Waals surface area contributed by atoms with Crippen molar-refractivity contribution in [1.29, 1.82) is 0 Å². The fraction of sp³-hybridized carbons (Fsp3) is 0.700. The number of carbonyl (C=O) groups excluding carboxylic acids is 1. The van der Waals surface area contributed by atoms with Gasteiger partial charge in [-0.3, -0.25) is 4.79 Å². The molecule has 0 saturated heterocycles. The van der Waals surface area contributed by atoms with Gasteiger partial charge in [0.2, 0.25) is 0 Å². The van der Waals surface area contributed by atoms with Gasteiger partial charge in [0.15, 0.2) is 12.1 Å². The summed E-state index contributed by atoms with van der Waals surface area (Å²) in [6, 6.07) is 0. The minimum absolute atomic E-state index is 0.144. The molecule has 3 heteroatoms. The Balaban J connectivity index is 2.73. The molecule has 0 saturated carbocycles. The average Bonchev–Trinajstić information content (AvgIpc) is 2.36. The molecule has 0 amide bonds. The molecular weight excluding hydrogens is 168 g/mol. The van der Waals surface area contributed by atoms with E-state index in [1.54, 1.807) is 14.2 Å². The first kappa shape index (κ1) is 10.4. The molecule has 0 aromatic rings. The third kappa shape index (κ3) is 1.81. The number of allylic oxidation sites excluding steroid dienone is 2.